The second-order valence-electron chi connectivity index (χ2n) is 20.0. The van der Waals surface area contributed by atoms with Gasteiger partial charge in [0.25, 0.3) is 5.52 Å². The van der Waals surface area contributed by atoms with Gasteiger partial charge in [-0.05, 0) is 105 Å². The van der Waals surface area contributed by atoms with Gasteiger partial charge in [-0.25, -0.2) is 0 Å². The molecule has 0 aliphatic heterocycles. The summed E-state index contributed by atoms with van der Waals surface area (Å²) in [7, 11) is 0. The summed E-state index contributed by atoms with van der Waals surface area (Å²) in [5.41, 5.74) is 8.90. The summed E-state index contributed by atoms with van der Waals surface area (Å²) in [5.74, 6) is 0.125. The minimum absolute atomic E-state index is 0.00812. The lowest BCUT2D eigenvalue weighted by Gasteiger charge is -2.15. The molecule has 0 bridgehead atoms. The van der Waals surface area contributed by atoms with Gasteiger partial charge < -0.3 is 30.9 Å². The van der Waals surface area contributed by atoms with Crippen molar-refractivity contribution in [3.05, 3.63) is 230 Å². The van der Waals surface area contributed by atoms with Gasteiger partial charge in [0.05, 0.1) is 15.3 Å². The van der Waals surface area contributed by atoms with Gasteiger partial charge in [-0.1, -0.05) is 205 Å². The highest BCUT2D eigenvalue weighted by atomic mass is 35.5. The molecule has 3 N–H and O–H groups in total. The van der Waals surface area contributed by atoms with Crippen LogP contribution in [0.2, 0.25) is 5.02 Å². The third-order valence-corrected chi connectivity index (χ3v) is 14.8. The summed E-state index contributed by atoms with van der Waals surface area (Å²) >= 11 is 5.98. The van der Waals surface area contributed by atoms with Gasteiger partial charge in [-0.15, -0.1) is 14.5 Å². The quantitative estimate of drug-likeness (QED) is 0.0426. The number of hydrogen-bond acceptors (Lipinski definition) is 9. The molecule has 0 aliphatic carbocycles. The smallest absolute Gasteiger partial charge is 0.251 e. The van der Waals surface area contributed by atoms with Crippen molar-refractivity contribution >= 4 is 44.7 Å². The number of aromatic nitrogens is 9. The zero-order chi connectivity index (χ0) is 56.1. The first-order valence-corrected chi connectivity index (χ1v) is 27.8. The number of phenols is 3. The molecule has 3 heterocycles. The Morgan fingerprint density at radius 1 is 0.438 bits per heavy atom. The van der Waals surface area contributed by atoms with Gasteiger partial charge in [0.15, 0.2) is 28.6 Å². The normalized spacial score (nSPS) is 12.0. The molecule has 8 aromatic carbocycles. The van der Waals surface area contributed by atoms with Crippen LogP contribution in [0.3, 0.4) is 0 Å². The molecule has 0 radical (unpaired) electrons. The minimum atomic E-state index is -0.0318. The maximum atomic E-state index is 12.6. The highest BCUT2D eigenvalue weighted by Crippen LogP contribution is 2.36. The van der Waals surface area contributed by atoms with E-state index < -0.39 is 0 Å². The molecule has 15 nitrogen and oxygen atoms in total. The van der Waals surface area contributed by atoms with E-state index >= 15 is 0 Å². The van der Waals surface area contributed by atoms with Crippen LogP contribution in [0.1, 0.15) is 125 Å². The SMILES string of the molecule is CC(c1ccccc1)c1cccc(-n2nc3cc(Cl)ccc3[n+]2[O-])c1O.CC(c1ccccc1)c1cccc(-n2nc3ccccc3[n+]2[O-])c1O.CCCCCCCCCCCCc1ccc(O)c(-n2nc3ccccc3[n+]2[O-])c1. The number of hydrogen-bond donors (Lipinski definition) is 3. The lowest BCUT2D eigenvalue weighted by Crippen LogP contribution is -2.37. The Morgan fingerprint density at radius 3 is 1.35 bits per heavy atom. The Hall–Kier alpha value is -8.95. The Kier molecular flexibility index (Phi) is 18.2. The van der Waals surface area contributed by atoms with Gasteiger partial charge in [-0.2, -0.15) is 0 Å². The molecule has 0 saturated carbocycles. The van der Waals surface area contributed by atoms with Crippen LogP contribution in [-0.4, -0.2) is 45.0 Å². The van der Waals surface area contributed by atoms with E-state index in [-0.39, 0.29) is 29.1 Å². The van der Waals surface area contributed by atoms with Crippen molar-refractivity contribution in [3.8, 4) is 34.3 Å². The van der Waals surface area contributed by atoms with Crippen LogP contribution >= 0.6 is 11.6 Å². The topological polar surface area (TPSA) is 195 Å². The van der Waals surface area contributed by atoms with Crippen LogP contribution in [0.15, 0.2) is 182 Å². The zero-order valence-electron chi connectivity index (χ0n) is 45.2. The van der Waals surface area contributed by atoms with E-state index in [0.717, 1.165) is 50.3 Å². The van der Waals surface area contributed by atoms with Crippen LogP contribution < -0.4 is 14.5 Å². The summed E-state index contributed by atoms with van der Waals surface area (Å²) < 4.78 is 0. The van der Waals surface area contributed by atoms with E-state index in [4.69, 9.17) is 11.6 Å². The molecular formula is C64H66ClN9O6. The van der Waals surface area contributed by atoms with Gasteiger partial charge >= 0.3 is 0 Å². The fourth-order valence-electron chi connectivity index (χ4n) is 10.0. The van der Waals surface area contributed by atoms with Crippen LogP contribution in [0.5, 0.6) is 17.2 Å². The highest BCUT2D eigenvalue weighted by Gasteiger charge is 2.25. The summed E-state index contributed by atoms with van der Waals surface area (Å²) in [5, 5.41) is 83.1. The number of nitrogens with zero attached hydrogens (tertiary/aromatic N) is 9. The lowest BCUT2D eigenvalue weighted by molar-refractivity contribution is -0.664. The average Bonchev–Trinajstić information content (AvgIpc) is 4.19. The first-order valence-electron chi connectivity index (χ1n) is 27.4. The van der Waals surface area contributed by atoms with Crippen LogP contribution in [0, 0.1) is 15.6 Å². The Balaban J connectivity index is 0.000000146. The number of aryl methyl sites for hydroxylation is 1. The second-order valence-corrected chi connectivity index (χ2v) is 20.5. The third kappa shape index (κ3) is 12.6. The molecule has 0 amide bonds. The van der Waals surface area contributed by atoms with Crippen molar-refractivity contribution in [1.82, 2.24) is 29.7 Å². The van der Waals surface area contributed by atoms with E-state index in [1.165, 1.54) is 67.4 Å². The molecule has 16 heteroatoms. The summed E-state index contributed by atoms with van der Waals surface area (Å²) in [6.45, 7) is 6.30. The molecule has 80 heavy (non-hydrogen) atoms. The number of unbranched alkanes of at least 4 members (excludes halogenated alkanes) is 9. The standard InChI is InChI=1S/C24H33N3O2.C20H16ClN3O2.C20H17N3O2/c1-2-3-4-5-6-7-8-9-10-11-14-20-17-18-24(28)23(19-20)26-25-21-15-12-13-16-22(21)27(26)29;1-13(14-6-3-2-4-7-14)16-8-5-9-19(20(16)25)23-22-17-12-15(21)10-11-18(17)24(23)26;1-14(15-8-3-2-4-9-15)16-10-7-13-19(20(16)24)22-21-17-11-5-6-12-18(17)23(22)25/h12-13,15-19,28H,2-11,14H2,1H3;2-13,25H,1H3;2-14,24H,1H3. The molecule has 2 unspecified atom stereocenters. The maximum absolute atomic E-state index is 12.6. The van der Waals surface area contributed by atoms with E-state index in [9.17, 15) is 30.9 Å². The average molecular weight is 1090 g/mol. The number of benzene rings is 8. The predicted octanol–water partition coefficient (Wildman–Crippen LogP) is 13.5. The van der Waals surface area contributed by atoms with Crippen molar-refractivity contribution in [1.29, 1.82) is 0 Å². The van der Waals surface area contributed by atoms with E-state index in [2.05, 4.69) is 22.2 Å². The molecule has 0 spiro atoms. The number of aromatic hydroxyl groups is 3. The van der Waals surface area contributed by atoms with E-state index in [1.54, 1.807) is 66.7 Å². The molecule has 0 aliphatic rings. The number of phenolic OH excluding ortho intramolecular Hbond substituents is 3. The number of para-hydroxylation sites is 4. The van der Waals surface area contributed by atoms with Gasteiger partial charge in [-0.3, -0.25) is 0 Å². The first kappa shape index (κ1) is 55.8. The summed E-state index contributed by atoms with van der Waals surface area (Å²) in [6, 6.07) is 55.2. The van der Waals surface area contributed by atoms with Crippen molar-refractivity contribution in [2.45, 2.75) is 103 Å². The van der Waals surface area contributed by atoms with Gasteiger partial charge in [0, 0.05) is 34.1 Å². The van der Waals surface area contributed by atoms with Gasteiger partial charge in [0.1, 0.15) is 5.75 Å². The van der Waals surface area contributed by atoms with E-state index in [0.29, 0.717) is 64.9 Å². The zero-order valence-corrected chi connectivity index (χ0v) is 46.0. The largest absolute Gasteiger partial charge is 0.692 e. The molecule has 0 saturated heterocycles. The van der Waals surface area contributed by atoms with Gasteiger partial charge in [0.2, 0.25) is 27.6 Å². The summed E-state index contributed by atoms with van der Waals surface area (Å²) in [4.78, 5) is 5.66. The molecule has 11 rings (SSSR count). The molecule has 2 atom stereocenters. The van der Waals surface area contributed by atoms with Crippen LogP contribution in [0.25, 0.3) is 50.2 Å². The lowest BCUT2D eigenvalue weighted by atomic mass is 9.92. The fraction of sp³-hybridized carbons (Fsp3) is 0.250. The fourth-order valence-corrected chi connectivity index (χ4v) is 10.2. The van der Waals surface area contributed by atoms with Crippen molar-refractivity contribution in [2.24, 2.45) is 0 Å². The number of fused-ring (bicyclic) bond motifs is 3. The Morgan fingerprint density at radius 2 is 0.863 bits per heavy atom. The Labute approximate surface area is 470 Å². The highest BCUT2D eigenvalue weighted by molar-refractivity contribution is 6.31. The number of halogens is 1. The van der Waals surface area contributed by atoms with E-state index in [1.807, 2.05) is 129 Å². The Bertz CT molecular complexity index is 3830. The molecule has 0 fully saturated rings. The second kappa shape index (κ2) is 26.1. The first-order chi connectivity index (χ1) is 38.9. The van der Waals surface area contributed by atoms with Crippen LogP contribution in [0.4, 0.5) is 0 Å². The monoisotopic (exact) mass is 1090 g/mol. The molecular weight excluding hydrogens is 1030 g/mol. The molecule has 11 aromatic rings. The molecule has 410 valence electrons. The third-order valence-electron chi connectivity index (χ3n) is 14.6. The summed E-state index contributed by atoms with van der Waals surface area (Å²) in [6.07, 6.45) is 14.1. The molecule has 3 aromatic heterocycles. The number of rotatable bonds is 18. The minimum Gasteiger partial charge on any atom is -0.692 e. The van der Waals surface area contributed by atoms with Crippen molar-refractivity contribution in [3.63, 3.8) is 0 Å². The van der Waals surface area contributed by atoms with Crippen molar-refractivity contribution < 1.29 is 29.9 Å². The van der Waals surface area contributed by atoms with Crippen molar-refractivity contribution in [2.75, 3.05) is 0 Å². The predicted molar refractivity (Wildman–Crippen MR) is 314 cm³/mol. The maximum Gasteiger partial charge on any atom is 0.251 e. The van der Waals surface area contributed by atoms with Crippen LogP contribution in [-0.2, 0) is 6.42 Å².